The summed E-state index contributed by atoms with van der Waals surface area (Å²) in [6, 6.07) is -0.571. The summed E-state index contributed by atoms with van der Waals surface area (Å²) in [4.78, 5) is 25.3. The molecule has 114 valence electrons. The van der Waals surface area contributed by atoms with E-state index in [4.69, 9.17) is 4.74 Å². The first kappa shape index (κ1) is 15.1. The summed E-state index contributed by atoms with van der Waals surface area (Å²) < 4.78 is 5.25. The summed E-state index contributed by atoms with van der Waals surface area (Å²) in [7, 11) is 0. The highest BCUT2D eigenvalue weighted by atomic mass is 16.5. The predicted molar refractivity (Wildman–Crippen MR) is 73.4 cm³/mol. The molecule has 1 heterocycles. The van der Waals surface area contributed by atoms with Gasteiger partial charge in [-0.05, 0) is 39.5 Å². The van der Waals surface area contributed by atoms with Gasteiger partial charge >= 0.3 is 12.0 Å². The zero-order chi connectivity index (χ0) is 14.9. The van der Waals surface area contributed by atoms with Gasteiger partial charge in [0.1, 0.15) is 5.92 Å². The van der Waals surface area contributed by atoms with Crippen molar-refractivity contribution in [3.05, 3.63) is 0 Å². The molecule has 1 saturated carbocycles. The fourth-order valence-electron chi connectivity index (χ4n) is 2.87. The number of carbonyl (C=O) groups is 2. The number of hydrogen-bond donors (Lipinski definition) is 2. The Morgan fingerprint density at radius 3 is 2.50 bits per heavy atom. The average Bonchev–Trinajstić information content (AvgIpc) is 3.10. The Balaban J connectivity index is 2.03. The van der Waals surface area contributed by atoms with Crippen molar-refractivity contribution < 1.29 is 19.4 Å². The number of carboxylic acid groups (broad SMARTS) is 1. The van der Waals surface area contributed by atoms with E-state index in [1.54, 1.807) is 4.90 Å². The second-order valence-electron chi connectivity index (χ2n) is 6.26. The van der Waals surface area contributed by atoms with Crippen molar-refractivity contribution in [1.29, 1.82) is 0 Å². The van der Waals surface area contributed by atoms with Crippen molar-refractivity contribution in [3.8, 4) is 0 Å². The Kier molecular flexibility index (Phi) is 4.22. The molecule has 0 bridgehead atoms. The summed E-state index contributed by atoms with van der Waals surface area (Å²) in [6.45, 7) is 6.86. The van der Waals surface area contributed by atoms with Crippen molar-refractivity contribution >= 4 is 12.0 Å². The number of hydrogen-bond acceptors (Lipinski definition) is 3. The minimum Gasteiger partial charge on any atom is -0.481 e. The van der Waals surface area contributed by atoms with E-state index < -0.39 is 11.9 Å². The van der Waals surface area contributed by atoms with Crippen LogP contribution in [0.2, 0.25) is 0 Å². The first-order valence-electron chi connectivity index (χ1n) is 7.26. The Bertz CT molecular complexity index is 393. The zero-order valence-electron chi connectivity index (χ0n) is 12.4. The van der Waals surface area contributed by atoms with Gasteiger partial charge in [-0.2, -0.15) is 0 Å². The lowest BCUT2D eigenvalue weighted by molar-refractivity contribution is -0.142. The number of carbonyl (C=O) groups excluding carboxylic acids is 1. The molecule has 2 fully saturated rings. The monoisotopic (exact) mass is 284 g/mol. The molecular weight excluding hydrogens is 260 g/mol. The van der Waals surface area contributed by atoms with Crippen LogP contribution >= 0.6 is 0 Å². The van der Waals surface area contributed by atoms with Crippen LogP contribution in [0.5, 0.6) is 0 Å². The van der Waals surface area contributed by atoms with E-state index in [-0.39, 0.29) is 24.2 Å². The topological polar surface area (TPSA) is 78.9 Å². The van der Waals surface area contributed by atoms with Crippen molar-refractivity contribution in [3.63, 3.8) is 0 Å². The minimum atomic E-state index is -0.903. The fraction of sp³-hybridized carbons (Fsp3) is 0.857. The number of likely N-dealkylation sites (N-methyl/N-ethyl adjacent to an activating group) is 1. The summed E-state index contributed by atoms with van der Waals surface area (Å²) in [5.74, 6) is -1.01. The maximum Gasteiger partial charge on any atom is 0.318 e. The molecule has 6 nitrogen and oxygen atoms in total. The lowest BCUT2D eigenvalue weighted by atomic mass is 9.98. The summed E-state index contributed by atoms with van der Waals surface area (Å²) in [5, 5.41) is 12.2. The van der Waals surface area contributed by atoms with Gasteiger partial charge in [0, 0.05) is 12.1 Å². The van der Waals surface area contributed by atoms with Gasteiger partial charge in [-0.25, -0.2) is 4.79 Å². The molecule has 2 N–H and O–H groups in total. The number of nitrogens with one attached hydrogen (secondary N) is 1. The molecule has 2 rings (SSSR count). The molecule has 2 unspecified atom stereocenters. The van der Waals surface area contributed by atoms with Gasteiger partial charge in [0.25, 0.3) is 0 Å². The number of ether oxygens (including phenoxy) is 1. The SMILES string of the molecule is CCN(C(=O)NC(C)(C)C1CC1)C1COCC1C(=O)O. The first-order chi connectivity index (χ1) is 9.36. The molecule has 0 aromatic rings. The van der Waals surface area contributed by atoms with Crippen molar-refractivity contribution in [1.82, 2.24) is 10.2 Å². The van der Waals surface area contributed by atoms with E-state index in [0.29, 0.717) is 19.1 Å². The largest absolute Gasteiger partial charge is 0.481 e. The molecule has 6 heteroatoms. The Morgan fingerprint density at radius 1 is 1.35 bits per heavy atom. The molecule has 1 aliphatic heterocycles. The van der Waals surface area contributed by atoms with Crippen LogP contribution in [-0.4, -0.2) is 53.3 Å². The van der Waals surface area contributed by atoms with Gasteiger partial charge in [0.2, 0.25) is 0 Å². The number of rotatable bonds is 5. The van der Waals surface area contributed by atoms with Gasteiger partial charge < -0.3 is 20.1 Å². The second-order valence-corrected chi connectivity index (χ2v) is 6.26. The van der Waals surface area contributed by atoms with E-state index in [1.807, 2.05) is 20.8 Å². The Hall–Kier alpha value is -1.30. The summed E-state index contributed by atoms with van der Waals surface area (Å²) in [5.41, 5.74) is -0.233. The molecule has 2 amide bonds. The van der Waals surface area contributed by atoms with Crippen molar-refractivity contribution in [2.75, 3.05) is 19.8 Å². The van der Waals surface area contributed by atoms with Gasteiger partial charge in [-0.15, -0.1) is 0 Å². The molecule has 0 spiro atoms. The van der Waals surface area contributed by atoms with Crippen LogP contribution in [0.1, 0.15) is 33.6 Å². The first-order valence-corrected chi connectivity index (χ1v) is 7.26. The fourth-order valence-corrected chi connectivity index (χ4v) is 2.87. The molecule has 0 aromatic heterocycles. The number of amides is 2. The Labute approximate surface area is 119 Å². The van der Waals surface area contributed by atoms with E-state index in [9.17, 15) is 14.7 Å². The maximum absolute atomic E-state index is 12.4. The Morgan fingerprint density at radius 2 is 2.00 bits per heavy atom. The van der Waals surface area contributed by atoms with Crippen LogP contribution in [0.15, 0.2) is 0 Å². The maximum atomic E-state index is 12.4. The highest BCUT2D eigenvalue weighted by Gasteiger charge is 2.43. The van der Waals surface area contributed by atoms with Gasteiger partial charge in [-0.3, -0.25) is 4.79 Å². The van der Waals surface area contributed by atoms with Gasteiger partial charge in [0.15, 0.2) is 0 Å². The van der Waals surface area contributed by atoms with E-state index >= 15 is 0 Å². The molecule has 2 atom stereocenters. The third-order valence-corrected chi connectivity index (χ3v) is 4.40. The van der Waals surface area contributed by atoms with Crippen molar-refractivity contribution in [2.45, 2.75) is 45.2 Å². The number of urea groups is 1. The standard InChI is InChI=1S/C14H24N2O4/c1-4-16(11-8-20-7-10(11)12(17)18)13(19)15-14(2,3)9-5-6-9/h9-11H,4-8H2,1-3H3,(H,15,19)(H,17,18). The lowest BCUT2D eigenvalue weighted by Crippen LogP contribution is -2.56. The molecule has 1 aliphatic carbocycles. The molecule has 0 radical (unpaired) electrons. The summed E-state index contributed by atoms with van der Waals surface area (Å²) >= 11 is 0. The lowest BCUT2D eigenvalue weighted by Gasteiger charge is -2.34. The van der Waals surface area contributed by atoms with Gasteiger partial charge in [-0.1, -0.05) is 0 Å². The van der Waals surface area contributed by atoms with Crippen LogP contribution in [0.25, 0.3) is 0 Å². The van der Waals surface area contributed by atoms with Gasteiger partial charge in [0.05, 0.1) is 19.3 Å². The third kappa shape index (κ3) is 3.06. The van der Waals surface area contributed by atoms with E-state index in [0.717, 1.165) is 12.8 Å². The number of aliphatic carboxylic acids is 1. The molecule has 2 aliphatic rings. The van der Waals surface area contributed by atoms with Crippen molar-refractivity contribution in [2.24, 2.45) is 11.8 Å². The molecular formula is C14H24N2O4. The zero-order valence-corrected chi connectivity index (χ0v) is 12.4. The minimum absolute atomic E-state index is 0.176. The molecule has 1 saturated heterocycles. The van der Waals surface area contributed by atoms with Crippen LogP contribution in [-0.2, 0) is 9.53 Å². The van der Waals surface area contributed by atoms with E-state index in [1.165, 1.54) is 0 Å². The van der Waals surface area contributed by atoms with Crippen LogP contribution in [0.4, 0.5) is 4.79 Å². The normalized spacial score (nSPS) is 26.4. The number of carboxylic acids is 1. The molecule has 20 heavy (non-hydrogen) atoms. The highest BCUT2D eigenvalue weighted by Crippen LogP contribution is 2.39. The quantitative estimate of drug-likeness (QED) is 0.797. The smallest absolute Gasteiger partial charge is 0.318 e. The molecule has 0 aromatic carbocycles. The van der Waals surface area contributed by atoms with Crippen LogP contribution in [0.3, 0.4) is 0 Å². The van der Waals surface area contributed by atoms with Crippen LogP contribution < -0.4 is 5.32 Å². The predicted octanol–water partition coefficient (Wildman–Crippen LogP) is 1.31. The number of nitrogens with zero attached hydrogens (tertiary/aromatic N) is 1. The van der Waals surface area contributed by atoms with E-state index in [2.05, 4.69) is 5.32 Å². The van der Waals surface area contributed by atoms with Crippen LogP contribution in [0, 0.1) is 11.8 Å². The average molecular weight is 284 g/mol. The second kappa shape index (κ2) is 5.60. The third-order valence-electron chi connectivity index (χ3n) is 4.40. The summed E-state index contributed by atoms with van der Waals surface area (Å²) in [6.07, 6.45) is 2.29. The highest BCUT2D eigenvalue weighted by molar-refractivity contribution is 5.78.